The Bertz CT molecular complexity index is 578. The normalized spacial score (nSPS) is 21.1. The van der Waals surface area contributed by atoms with E-state index in [2.05, 4.69) is 15.9 Å². The van der Waals surface area contributed by atoms with Gasteiger partial charge in [0.05, 0.1) is 9.92 Å². The quantitative estimate of drug-likeness (QED) is 0.872. The lowest BCUT2D eigenvalue weighted by molar-refractivity contribution is 0.258. The molecule has 4 nitrogen and oxygen atoms in total. The summed E-state index contributed by atoms with van der Waals surface area (Å²) in [4.78, 5) is 0.280. The monoisotopic (exact) mass is 380 g/mol. The van der Waals surface area contributed by atoms with Crippen molar-refractivity contribution in [2.45, 2.75) is 24.2 Å². The van der Waals surface area contributed by atoms with Gasteiger partial charge < -0.3 is 5.73 Å². The summed E-state index contributed by atoms with van der Waals surface area (Å²) >= 11 is 9.18. The van der Waals surface area contributed by atoms with Crippen LogP contribution >= 0.6 is 27.5 Å². The van der Waals surface area contributed by atoms with Crippen LogP contribution < -0.4 is 5.73 Å². The molecule has 1 aliphatic rings. The smallest absolute Gasteiger partial charge is 0.243 e. The maximum atomic E-state index is 12.6. The number of hydrogen-bond acceptors (Lipinski definition) is 3. The van der Waals surface area contributed by atoms with Crippen molar-refractivity contribution in [3.05, 3.63) is 27.7 Å². The van der Waals surface area contributed by atoms with Gasteiger partial charge in [0.15, 0.2) is 0 Å². The molecule has 20 heavy (non-hydrogen) atoms. The van der Waals surface area contributed by atoms with Crippen LogP contribution in [-0.2, 0) is 10.0 Å². The SMILES string of the molecule is NCCC1CCCN(S(=O)(=O)c2ccc(Cl)c(Br)c2)C1. The van der Waals surface area contributed by atoms with Gasteiger partial charge in [0.1, 0.15) is 0 Å². The standard InChI is InChI=1S/C13H18BrClN2O2S/c14-12-8-11(3-4-13(12)15)20(18,19)17-7-1-2-10(9-17)5-6-16/h3-4,8,10H,1-2,5-7,9,16H2. The summed E-state index contributed by atoms with van der Waals surface area (Å²) < 4.78 is 27.4. The number of piperidine rings is 1. The van der Waals surface area contributed by atoms with Crippen LogP contribution in [0.15, 0.2) is 27.6 Å². The molecule has 0 amide bonds. The van der Waals surface area contributed by atoms with Crippen LogP contribution in [0.25, 0.3) is 0 Å². The van der Waals surface area contributed by atoms with Crippen molar-refractivity contribution in [3.8, 4) is 0 Å². The van der Waals surface area contributed by atoms with Crippen molar-refractivity contribution in [2.24, 2.45) is 11.7 Å². The third-order valence-electron chi connectivity index (χ3n) is 3.59. The minimum atomic E-state index is -3.45. The van der Waals surface area contributed by atoms with Crippen LogP contribution in [0.5, 0.6) is 0 Å². The summed E-state index contributed by atoms with van der Waals surface area (Å²) in [6.07, 6.45) is 2.81. The summed E-state index contributed by atoms with van der Waals surface area (Å²) in [7, 11) is -3.45. The first kappa shape index (κ1) is 16.2. The van der Waals surface area contributed by atoms with Crippen LogP contribution in [0.1, 0.15) is 19.3 Å². The molecule has 0 radical (unpaired) electrons. The Balaban J connectivity index is 2.23. The third-order valence-corrected chi connectivity index (χ3v) is 6.66. The average Bonchev–Trinajstić information content (AvgIpc) is 2.42. The van der Waals surface area contributed by atoms with Gasteiger partial charge in [-0.3, -0.25) is 0 Å². The molecule has 112 valence electrons. The number of halogens is 2. The van der Waals surface area contributed by atoms with Gasteiger partial charge in [0, 0.05) is 17.6 Å². The van der Waals surface area contributed by atoms with E-state index in [0.29, 0.717) is 35.0 Å². The number of hydrogen-bond donors (Lipinski definition) is 1. The molecule has 1 unspecified atom stereocenters. The number of sulfonamides is 1. The fourth-order valence-corrected chi connectivity index (χ4v) is 4.73. The second kappa shape index (κ2) is 6.75. The number of nitrogens with zero attached hydrogens (tertiary/aromatic N) is 1. The Morgan fingerprint density at radius 1 is 1.45 bits per heavy atom. The molecule has 2 N–H and O–H groups in total. The van der Waals surface area contributed by atoms with Crippen LogP contribution in [0.3, 0.4) is 0 Å². The zero-order valence-corrected chi connectivity index (χ0v) is 14.2. The van der Waals surface area contributed by atoms with Gasteiger partial charge >= 0.3 is 0 Å². The molecule has 0 aliphatic carbocycles. The Morgan fingerprint density at radius 2 is 2.20 bits per heavy atom. The summed E-state index contributed by atoms with van der Waals surface area (Å²) in [5.74, 6) is 0.360. The lowest BCUT2D eigenvalue weighted by Crippen LogP contribution is -2.40. The molecule has 1 heterocycles. The molecule has 1 aliphatic heterocycles. The fourth-order valence-electron chi connectivity index (χ4n) is 2.50. The molecule has 0 spiro atoms. The second-order valence-electron chi connectivity index (χ2n) is 5.02. The van der Waals surface area contributed by atoms with Crippen LogP contribution in [0.4, 0.5) is 0 Å². The summed E-state index contributed by atoms with van der Waals surface area (Å²) in [5, 5.41) is 0.503. The molecule has 2 rings (SSSR count). The fraction of sp³-hybridized carbons (Fsp3) is 0.538. The van der Waals surface area contributed by atoms with E-state index in [0.717, 1.165) is 19.3 Å². The molecule has 0 aromatic heterocycles. The van der Waals surface area contributed by atoms with Crippen molar-refractivity contribution >= 4 is 37.6 Å². The highest BCUT2D eigenvalue weighted by Gasteiger charge is 2.30. The van der Waals surface area contributed by atoms with Crippen molar-refractivity contribution in [1.29, 1.82) is 0 Å². The predicted molar refractivity (Wildman–Crippen MR) is 84.3 cm³/mol. The topological polar surface area (TPSA) is 63.4 Å². The summed E-state index contributed by atoms with van der Waals surface area (Å²) in [6, 6.07) is 4.71. The molecule has 1 aromatic carbocycles. The van der Waals surface area contributed by atoms with Crippen molar-refractivity contribution in [2.75, 3.05) is 19.6 Å². The van der Waals surface area contributed by atoms with Crippen molar-refractivity contribution < 1.29 is 8.42 Å². The van der Waals surface area contributed by atoms with E-state index >= 15 is 0 Å². The van der Waals surface area contributed by atoms with Gasteiger partial charge in [-0.05, 0) is 65.9 Å². The van der Waals surface area contributed by atoms with Gasteiger partial charge in [-0.15, -0.1) is 0 Å². The lowest BCUT2D eigenvalue weighted by Gasteiger charge is -2.31. The molecular weight excluding hydrogens is 364 g/mol. The van der Waals surface area contributed by atoms with Gasteiger partial charge in [0.2, 0.25) is 10.0 Å². The second-order valence-corrected chi connectivity index (χ2v) is 8.22. The minimum absolute atomic E-state index is 0.280. The highest BCUT2D eigenvalue weighted by atomic mass is 79.9. The van der Waals surface area contributed by atoms with Crippen molar-refractivity contribution in [1.82, 2.24) is 4.31 Å². The Labute approximate surface area is 133 Å². The highest BCUT2D eigenvalue weighted by Crippen LogP contribution is 2.29. The van der Waals surface area contributed by atoms with E-state index in [1.54, 1.807) is 22.5 Å². The van der Waals surface area contributed by atoms with E-state index < -0.39 is 10.0 Å². The van der Waals surface area contributed by atoms with Gasteiger partial charge in [-0.2, -0.15) is 4.31 Å². The minimum Gasteiger partial charge on any atom is -0.330 e. The number of nitrogens with two attached hydrogens (primary N) is 1. The van der Waals surface area contributed by atoms with Crippen molar-refractivity contribution in [3.63, 3.8) is 0 Å². The first-order valence-electron chi connectivity index (χ1n) is 6.60. The maximum absolute atomic E-state index is 12.6. The predicted octanol–water partition coefficient (Wildman–Crippen LogP) is 2.85. The van der Waals surface area contributed by atoms with E-state index in [4.69, 9.17) is 17.3 Å². The maximum Gasteiger partial charge on any atom is 0.243 e. The third kappa shape index (κ3) is 3.54. The molecule has 0 saturated carbocycles. The summed E-state index contributed by atoms with van der Waals surface area (Å²) in [6.45, 7) is 1.73. The highest BCUT2D eigenvalue weighted by molar-refractivity contribution is 9.10. The largest absolute Gasteiger partial charge is 0.330 e. The van der Waals surface area contributed by atoms with Gasteiger partial charge in [0.25, 0.3) is 0 Å². The van der Waals surface area contributed by atoms with E-state index in [1.165, 1.54) is 0 Å². The molecule has 0 bridgehead atoms. The molecule has 1 saturated heterocycles. The van der Waals surface area contributed by atoms with Crippen LogP contribution in [0.2, 0.25) is 5.02 Å². The zero-order valence-electron chi connectivity index (χ0n) is 11.1. The lowest BCUT2D eigenvalue weighted by atomic mass is 9.96. The average molecular weight is 382 g/mol. The number of benzene rings is 1. The van der Waals surface area contributed by atoms with E-state index in [-0.39, 0.29) is 4.90 Å². The Kier molecular flexibility index (Phi) is 5.48. The number of rotatable bonds is 4. The Morgan fingerprint density at radius 3 is 2.85 bits per heavy atom. The first-order valence-corrected chi connectivity index (χ1v) is 9.21. The van der Waals surface area contributed by atoms with Gasteiger partial charge in [-0.25, -0.2) is 8.42 Å². The van der Waals surface area contributed by atoms with E-state index in [9.17, 15) is 8.42 Å². The molecule has 1 fully saturated rings. The first-order chi connectivity index (χ1) is 9.45. The van der Waals surface area contributed by atoms with Crippen LogP contribution in [0, 0.1) is 5.92 Å². The molecule has 1 aromatic rings. The molecule has 1 atom stereocenters. The molecule has 7 heteroatoms. The van der Waals surface area contributed by atoms with E-state index in [1.807, 2.05) is 0 Å². The summed E-state index contributed by atoms with van der Waals surface area (Å²) in [5.41, 5.74) is 5.57. The Hall–Kier alpha value is -0.140. The van der Waals surface area contributed by atoms with Gasteiger partial charge in [-0.1, -0.05) is 11.6 Å². The molecular formula is C13H18BrClN2O2S. The van der Waals surface area contributed by atoms with Crippen LogP contribution in [-0.4, -0.2) is 32.4 Å². The zero-order chi connectivity index (χ0) is 14.8.